The maximum Gasteiger partial charge on any atom is 0.306 e. The molecular weight excluding hydrogens is 335 g/mol. The summed E-state index contributed by atoms with van der Waals surface area (Å²) in [5.41, 5.74) is 2.31. The van der Waals surface area contributed by atoms with Crippen molar-refractivity contribution in [2.45, 2.75) is 45.8 Å². The van der Waals surface area contributed by atoms with Gasteiger partial charge < -0.3 is 14.6 Å². The normalized spacial score (nSPS) is 15.8. The molecule has 4 nitrogen and oxygen atoms in total. The molecule has 1 heterocycles. The Bertz CT molecular complexity index is 812. The van der Waals surface area contributed by atoms with Gasteiger partial charge in [0.15, 0.2) is 11.6 Å². The summed E-state index contributed by atoms with van der Waals surface area (Å²) in [5.74, 6) is -0.555. The maximum atomic E-state index is 14.0. The third kappa shape index (κ3) is 3.98. The van der Waals surface area contributed by atoms with Crippen molar-refractivity contribution in [1.29, 1.82) is 0 Å². The van der Waals surface area contributed by atoms with E-state index in [1.54, 1.807) is 13.0 Å². The van der Waals surface area contributed by atoms with E-state index in [9.17, 15) is 9.18 Å². The molecular formula is C21H23FO4. The highest BCUT2D eigenvalue weighted by Crippen LogP contribution is 2.39. The van der Waals surface area contributed by atoms with Gasteiger partial charge in [0.2, 0.25) is 0 Å². The van der Waals surface area contributed by atoms with Crippen LogP contribution in [0, 0.1) is 11.7 Å². The molecule has 0 amide bonds. The zero-order chi connectivity index (χ0) is 18.9. The van der Waals surface area contributed by atoms with Crippen molar-refractivity contribution >= 4 is 5.97 Å². The second-order valence-corrected chi connectivity index (χ2v) is 7.43. The van der Waals surface area contributed by atoms with Crippen molar-refractivity contribution in [3.8, 4) is 11.5 Å². The molecule has 2 aromatic rings. The fourth-order valence-corrected chi connectivity index (χ4v) is 3.14. The van der Waals surface area contributed by atoms with Gasteiger partial charge >= 0.3 is 5.97 Å². The molecule has 0 radical (unpaired) electrons. The minimum atomic E-state index is -0.805. The largest absolute Gasteiger partial charge is 0.489 e. The van der Waals surface area contributed by atoms with Crippen LogP contribution in [0.2, 0.25) is 0 Å². The summed E-state index contributed by atoms with van der Waals surface area (Å²) in [6.07, 6.45) is 1.12. The molecule has 1 aliphatic rings. The summed E-state index contributed by atoms with van der Waals surface area (Å²) in [6, 6.07) is 10.5. The number of hydrogen-bond donors (Lipinski definition) is 1. The molecule has 1 unspecified atom stereocenters. The quantitative estimate of drug-likeness (QED) is 0.832. The van der Waals surface area contributed by atoms with Crippen molar-refractivity contribution in [3.05, 3.63) is 58.9 Å². The number of hydrogen-bond acceptors (Lipinski definition) is 3. The zero-order valence-electron chi connectivity index (χ0n) is 15.2. The average molecular weight is 358 g/mol. The van der Waals surface area contributed by atoms with E-state index >= 15 is 0 Å². The Hall–Kier alpha value is -2.56. The topological polar surface area (TPSA) is 55.8 Å². The summed E-state index contributed by atoms with van der Waals surface area (Å²) in [6.45, 7) is 5.89. The Morgan fingerprint density at radius 1 is 1.27 bits per heavy atom. The summed E-state index contributed by atoms with van der Waals surface area (Å²) in [5, 5.41) is 8.98. The molecule has 0 aromatic heterocycles. The van der Waals surface area contributed by atoms with Gasteiger partial charge in [-0.05, 0) is 49.6 Å². The van der Waals surface area contributed by atoms with E-state index in [1.807, 2.05) is 38.1 Å². The predicted molar refractivity (Wildman–Crippen MR) is 96.1 cm³/mol. The van der Waals surface area contributed by atoms with Crippen LogP contribution in [0.15, 0.2) is 36.4 Å². The number of halogens is 1. The Morgan fingerprint density at radius 3 is 2.62 bits per heavy atom. The number of fused-ring (bicyclic) bond motifs is 1. The van der Waals surface area contributed by atoms with E-state index in [0.717, 1.165) is 16.7 Å². The standard InChI is InChI=1S/C21H23FO4/c1-13(20(23)24)10-14-4-7-16(8-5-14)25-12-15-6-9-18(22)19-17(15)11-21(2,3)26-19/h4-9,13H,10-12H2,1-3H3,(H,23,24). The second-order valence-electron chi connectivity index (χ2n) is 7.43. The molecule has 0 saturated heterocycles. The van der Waals surface area contributed by atoms with Crippen LogP contribution < -0.4 is 9.47 Å². The van der Waals surface area contributed by atoms with E-state index in [-0.39, 0.29) is 5.82 Å². The number of rotatable bonds is 6. The lowest BCUT2D eigenvalue weighted by Crippen LogP contribution is -2.25. The van der Waals surface area contributed by atoms with E-state index in [1.165, 1.54) is 6.07 Å². The zero-order valence-corrected chi connectivity index (χ0v) is 15.2. The highest BCUT2D eigenvalue weighted by molar-refractivity contribution is 5.69. The fraction of sp³-hybridized carbons (Fsp3) is 0.381. The van der Waals surface area contributed by atoms with Gasteiger partial charge in [-0.2, -0.15) is 0 Å². The van der Waals surface area contributed by atoms with E-state index in [4.69, 9.17) is 14.6 Å². The molecule has 3 rings (SSSR count). The van der Waals surface area contributed by atoms with E-state index in [0.29, 0.717) is 30.9 Å². The van der Waals surface area contributed by atoms with Crippen molar-refractivity contribution in [2.75, 3.05) is 0 Å². The smallest absolute Gasteiger partial charge is 0.306 e. The molecule has 1 atom stereocenters. The summed E-state index contributed by atoms with van der Waals surface area (Å²) < 4.78 is 25.5. The first-order valence-corrected chi connectivity index (χ1v) is 8.69. The molecule has 1 aliphatic heterocycles. The lowest BCUT2D eigenvalue weighted by Gasteiger charge is -2.16. The highest BCUT2D eigenvalue weighted by atomic mass is 19.1. The monoisotopic (exact) mass is 358 g/mol. The Morgan fingerprint density at radius 2 is 1.96 bits per heavy atom. The molecule has 2 aromatic carbocycles. The van der Waals surface area contributed by atoms with E-state index < -0.39 is 17.5 Å². The Balaban J connectivity index is 1.67. The molecule has 0 saturated carbocycles. The SMILES string of the molecule is CC(Cc1ccc(OCc2ccc(F)c3c2CC(C)(C)O3)cc1)C(=O)O. The number of ether oxygens (including phenoxy) is 2. The molecule has 138 valence electrons. The maximum absolute atomic E-state index is 14.0. The van der Waals surface area contributed by atoms with Crippen molar-refractivity contribution < 1.29 is 23.8 Å². The highest BCUT2D eigenvalue weighted by Gasteiger charge is 2.34. The van der Waals surface area contributed by atoms with Gasteiger partial charge in [-0.25, -0.2) is 4.39 Å². The third-order valence-corrected chi connectivity index (χ3v) is 4.57. The first kappa shape index (κ1) is 18.2. The van der Waals surface area contributed by atoms with Gasteiger partial charge in [-0.3, -0.25) is 4.79 Å². The summed E-state index contributed by atoms with van der Waals surface area (Å²) in [4.78, 5) is 10.9. The predicted octanol–water partition coefficient (Wildman–Crippen LogP) is 4.38. The van der Waals surface area contributed by atoms with Crippen LogP contribution >= 0.6 is 0 Å². The molecule has 1 N–H and O–H groups in total. The minimum absolute atomic E-state index is 0.326. The average Bonchev–Trinajstić information content (AvgIpc) is 2.92. The number of carboxylic acid groups (broad SMARTS) is 1. The van der Waals surface area contributed by atoms with Crippen molar-refractivity contribution in [3.63, 3.8) is 0 Å². The number of benzene rings is 2. The lowest BCUT2D eigenvalue weighted by atomic mass is 9.97. The van der Waals surface area contributed by atoms with Gasteiger partial charge in [0.05, 0.1) is 5.92 Å². The van der Waals surface area contributed by atoms with Crippen LogP contribution in [0.3, 0.4) is 0 Å². The van der Waals surface area contributed by atoms with Crippen LogP contribution in [0.4, 0.5) is 4.39 Å². The Labute approximate surface area is 152 Å². The van der Waals surface area contributed by atoms with Crippen LogP contribution in [0.5, 0.6) is 11.5 Å². The van der Waals surface area contributed by atoms with Crippen LogP contribution in [-0.4, -0.2) is 16.7 Å². The van der Waals surface area contributed by atoms with E-state index in [2.05, 4.69) is 0 Å². The van der Waals surface area contributed by atoms with Gasteiger partial charge in [-0.1, -0.05) is 25.1 Å². The molecule has 0 aliphatic carbocycles. The minimum Gasteiger partial charge on any atom is -0.489 e. The summed E-state index contributed by atoms with van der Waals surface area (Å²) in [7, 11) is 0. The number of carbonyl (C=O) groups is 1. The van der Waals surface area contributed by atoms with Crippen molar-refractivity contribution in [1.82, 2.24) is 0 Å². The molecule has 26 heavy (non-hydrogen) atoms. The first-order chi connectivity index (χ1) is 12.2. The first-order valence-electron chi connectivity index (χ1n) is 8.69. The molecule has 0 bridgehead atoms. The Kier molecular flexibility index (Phi) is 4.90. The van der Waals surface area contributed by atoms with Gasteiger partial charge in [0.25, 0.3) is 0 Å². The van der Waals surface area contributed by atoms with Gasteiger partial charge in [0, 0.05) is 12.0 Å². The fourth-order valence-electron chi connectivity index (χ4n) is 3.14. The molecule has 0 fully saturated rings. The van der Waals surface area contributed by atoms with Crippen molar-refractivity contribution in [2.24, 2.45) is 5.92 Å². The third-order valence-electron chi connectivity index (χ3n) is 4.57. The van der Waals surface area contributed by atoms with Crippen LogP contribution in [0.1, 0.15) is 37.5 Å². The van der Waals surface area contributed by atoms with Crippen LogP contribution in [-0.2, 0) is 24.2 Å². The lowest BCUT2D eigenvalue weighted by molar-refractivity contribution is -0.141. The van der Waals surface area contributed by atoms with Gasteiger partial charge in [-0.15, -0.1) is 0 Å². The molecule has 0 spiro atoms. The van der Waals surface area contributed by atoms with Gasteiger partial charge in [0.1, 0.15) is 18.0 Å². The second kappa shape index (κ2) is 6.98. The number of aliphatic carboxylic acids is 1. The van der Waals surface area contributed by atoms with Crippen LogP contribution in [0.25, 0.3) is 0 Å². The molecule has 5 heteroatoms. The number of carboxylic acids is 1. The summed E-state index contributed by atoms with van der Waals surface area (Å²) >= 11 is 0.